The van der Waals surface area contributed by atoms with Crippen LogP contribution in [0.25, 0.3) is 11.1 Å². The number of carbonyl (C=O) groups is 2. The van der Waals surface area contributed by atoms with Gasteiger partial charge in [0, 0.05) is 28.6 Å². The fourth-order valence-electron chi connectivity index (χ4n) is 3.14. The lowest BCUT2D eigenvalue weighted by molar-refractivity contribution is -0.122. The third-order valence-electron chi connectivity index (χ3n) is 4.47. The average Bonchev–Trinajstić information content (AvgIpc) is 3.12. The molecule has 1 heterocycles. The van der Waals surface area contributed by atoms with Gasteiger partial charge in [0.1, 0.15) is 18.3 Å². The predicted molar refractivity (Wildman–Crippen MR) is 116 cm³/mol. The number of halogens is 4. The van der Waals surface area contributed by atoms with Crippen molar-refractivity contribution in [3.05, 3.63) is 64.7 Å². The summed E-state index contributed by atoms with van der Waals surface area (Å²) in [6, 6.07) is 12.1. The van der Waals surface area contributed by atoms with Crippen molar-refractivity contribution in [2.75, 3.05) is 30.7 Å². The third kappa shape index (κ3) is 5.06. The normalized spacial score (nSPS) is 16.3. The van der Waals surface area contributed by atoms with E-state index in [2.05, 4.69) is 0 Å². The Kier molecular flexibility index (Phi) is 6.98. The number of amides is 3. The molecule has 0 bridgehead atoms. The molecular formula is C21H19ClF3N2O3S+. The van der Waals surface area contributed by atoms with Crippen molar-refractivity contribution >= 4 is 40.1 Å². The minimum atomic E-state index is -4.72. The van der Waals surface area contributed by atoms with Crippen LogP contribution < -0.4 is 4.90 Å². The summed E-state index contributed by atoms with van der Waals surface area (Å²) in [7, 11) is 0.475. The lowest BCUT2D eigenvalue weighted by Gasteiger charge is -2.28. The number of para-hydroxylation sites is 1. The Morgan fingerprint density at radius 2 is 1.81 bits per heavy atom. The lowest BCUT2D eigenvalue weighted by atomic mass is 10.0. The SMILES string of the molecule is COCC(=O)N(C(=O)N1C[S+](C)C=C1C(F)(F)F)c1ccccc1-c1ccc(Cl)cc1. The second-order valence-corrected chi connectivity index (χ2v) is 9.03. The van der Waals surface area contributed by atoms with Gasteiger partial charge in [-0.25, -0.2) is 14.6 Å². The highest BCUT2D eigenvalue weighted by Gasteiger charge is 2.50. The third-order valence-corrected chi connectivity index (χ3v) is 6.01. The lowest BCUT2D eigenvalue weighted by Crippen LogP contribution is -2.49. The molecular weight excluding hydrogens is 453 g/mol. The fourth-order valence-corrected chi connectivity index (χ4v) is 4.64. The van der Waals surface area contributed by atoms with Gasteiger partial charge in [0.25, 0.3) is 5.91 Å². The van der Waals surface area contributed by atoms with Gasteiger partial charge in [0.15, 0.2) is 11.6 Å². The Hall–Kier alpha value is -2.49. The number of urea groups is 1. The zero-order chi connectivity index (χ0) is 22.8. The van der Waals surface area contributed by atoms with E-state index >= 15 is 0 Å². The molecule has 0 aromatic heterocycles. The average molecular weight is 472 g/mol. The molecule has 164 valence electrons. The Morgan fingerprint density at radius 3 is 2.42 bits per heavy atom. The fraction of sp³-hybridized carbons (Fsp3) is 0.238. The van der Waals surface area contributed by atoms with Crippen LogP contribution in [0.4, 0.5) is 23.7 Å². The van der Waals surface area contributed by atoms with Crippen molar-refractivity contribution in [3.8, 4) is 11.1 Å². The summed E-state index contributed by atoms with van der Waals surface area (Å²) in [5, 5.41) is 1.51. The highest BCUT2D eigenvalue weighted by atomic mass is 35.5. The summed E-state index contributed by atoms with van der Waals surface area (Å²) in [6.07, 6.45) is -3.12. The zero-order valence-corrected chi connectivity index (χ0v) is 18.2. The van der Waals surface area contributed by atoms with E-state index < -0.39 is 41.3 Å². The van der Waals surface area contributed by atoms with E-state index in [1.54, 1.807) is 48.7 Å². The van der Waals surface area contributed by atoms with Crippen LogP contribution in [0.15, 0.2) is 59.6 Å². The maximum atomic E-state index is 13.5. The molecule has 0 saturated carbocycles. The quantitative estimate of drug-likeness (QED) is 0.587. The summed E-state index contributed by atoms with van der Waals surface area (Å²) >= 11 is 5.95. The van der Waals surface area contributed by atoms with Gasteiger partial charge >= 0.3 is 12.2 Å². The van der Waals surface area contributed by atoms with Crippen molar-refractivity contribution in [3.63, 3.8) is 0 Å². The summed E-state index contributed by atoms with van der Waals surface area (Å²) < 4.78 is 45.5. The molecule has 0 radical (unpaired) electrons. The second kappa shape index (κ2) is 9.33. The molecule has 1 unspecified atom stereocenters. The Labute approximate surface area is 185 Å². The predicted octanol–water partition coefficient (Wildman–Crippen LogP) is 5.03. The van der Waals surface area contributed by atoms with Crippen molar-refractivity contribution in [2.24, 2.45) is 0 Å². The number of alkyl halides is 3. The number of nitrogens with zero attached hydrogens (tertiary/aromatic N) is 2. The molecule has 5 nitrogen and oxygen atoms in total. The number of methoxy groups -OCH3 is 1. The molecule has 1 aliphatic heterocycles. The van der Waals surface area contributed by atoms with Crippen LogP contribution in [0, 0.1) is 0 Å². The van der Waals surface area contributed by atoms with Gasteiger partial charge < -0.3 is 4.74 Å². The first-order chi connectivity index (χ1) is 14.6. The number of imide groups is 1. The molecule has 0 aliphatic carbocycles. The van der Waals surface area contributed by atoms with Gasteiger partial charge in [0.2, 0.25) is 0 Å². The van der Waals surface area contributed by atoms with Gasteiger partial charge in [-0.15, -0.1) is 0 Å². The topological polar surface area (TPSA) is 49.9 Å². The summed E-state index contributed by atoms with van der Waals surface area (Å²) in [5.41, 5.74) is 0.222. The molecule has 2 aromatic carbocycles. The molecule has 10 heteroatoms. The molecule has 0 spiro atoms. The van der Waals surface area contributed by atoms with E-state index in [0.717, 1.165) is 10.3 Å². The number of carbonyl (C=O) groups excluding carboxylic acids is 2. The van der Waals surface area contributed by atoms with Gasteiger partial charge in [-0.2, -0.15) is 13.2 Å². The van der Waals surface area contributed by atoms with Crippen LogP contribution in [0.1, 0.15) is 0 Å². The van der Waals surface area contributed by atoms with Crippen molar-refractivity contribution in [2.45, 2.75) is 6.18 Å². The highest BCUT2D eigenvalue weighted by Crippen LogP contribution is 2.37. The van der Waals surface area contributed by atoms with Gasteiger partial charge in [0.05, 0.1) is 5.69 Å². The van der Waals surface area contributed by atoms with E-state index in [4.69, 9.17) is 16.3 Å². The maximum absolute atomic E-state index is 13.5. The van der Waals surface area contributed by atoms with Crippen molar-refractivity contribution in [1.82, 2.24) is 4.90 Å². The number of hydrogen-bond acceptors (Lipinski definition) is 3. The molecule has 31 heavy (non-hydrogen) atoms. The smallest absolute Gasteiger partial charge is 0.375 e. The van der Waals surface area contributed by atoms with Crippen molar-refractivity contribution < 1.29 is 27.5 Å². The van der Waals surface area contributed by atoms with Gasteiger partial charge in [-0.05, 0) is 23.8 Å². The van der Waals surface area contributed by atoms with Gasteiger partial charge in [-0.3, -0.25) is 4.79 Å². The first-order valence-corrected chi connectivity index (χ1v) is 11.3. The number of ether oxygens (including phenoxy) is 1. The Balaban J connectivity index is 2.10. The van der Waals surface area contributed by atoms with Crippen LogP contribution in [0.3, 0.4) is 0 Å². The standard InChI is InChI=1S/C21H19ClF3N2O3S/c1-30-11-19(28)27(20(29)26-13-31(2)12-18(26)21(23,24)25)17-6-4-3-5-16(17)14-7-9-15(22)10-8-14/h3-10,12H,11,13H2,1-2H3/q+1. The maximum Gasteiger partial charge on any atom is 0.436 e. The summed E-state index contributed by atoms with van der Waals surface area (Å²) in [5.74, 6) is -0.939. The summed E-state index contributed by atoms with van der Waals surface area (Å²) in [6.45, 7) is -0.475. The largest absolute Gasteiger partial charge is 0.436 e. The number of allylic oxidation sites excluding steroid dienone is 1. The van der Waals surface area contributed by atoms with E-state index in [1.807, 2.05) is 0 Å². The molecule has 1 aliphatic rings. The Morgan fingerprint density at radius 1 is 1.16 bits per heavy atom. The second-order valence-electron chi connectivity index (χ2n) is 6.72. The van der Waals surface area contributed by atoms with E-state index in [0.29, 0.717) is 21.0 Å². The molecule has 3 amide bonds. The van der Waals surface area contributed by atoms with E-state index in [1.165, 1.54) is 13.2 Å². The summed E-state index contributed by atoms with van der Waals surface area (Å²) in [4.78, 5) is 27.5. The highest BCUT2D eigenvalue weighted by molar-refractivity contribution is 7.99. The zero-order valence-electron chi connectivity index (χ0n) is 16.6. The minimum absolute atomic E-state index is 0.154. The number of benzene rings is 2. The van der Waals surface area contributed by atoms with Crippen LogP contribution in [0.2, 0.25) is 5.02 Å². The molecule has 0 fully saturated rings. The van der Waals surface area contributed by atoms with Gasteiger partial charge in [-0.1, -0.05) is 41.9 Å². The first kappa shape index (κ1) is 23.2. The van der Waals surface area contributed by atoms with E-state index in [-0.39, 0.29) is 11.6 Å². The molecule has 0 saturated heterocycles. The van der Waals surface area contributed by atoms with Crippen molar-refractivity contribution in [1.29, 1.82) is 0 Å². The number of rotatable bonds is 4. The first-order valence-electron chi connectivity index (χ1n) is 9.02. The molecule has 1 atom stereocenters. The van der Waals surface area contributed by atoms with Crippen LogP contribution in [-0.4, -0.2) is 48.9 Å². The number of anilines is 1. The Bertz CT molecular complexity index is 1010. The van der Waals surface area contributed by atoms with Crippen LogP contribution in [-0.2, 0) is 20.4 Å². The van der Waals surface area contributed by atoms with Crippen LogP contribution in [0.5, 0.6) is 0 Å². The van der Waals surface area contributed by atoms with E-state index in [9.17, 15) is 22.8 Å². The monoisotopic (exact) mass is 471 g/mol. The molecule has 2 aromatic rings. The molecule has 3 rings (SSSR count). The number of hydrogen-bond donors (Lipinski definition) is 0. The molecule has 0 N–H and O–H groups in total. The minimum Gasteiger partial charge on any atom is -0.375 e. The van der Waals surface area contributed by atoms with Crippen LogP contribution >= 0.6 is 11.6 Å².